The molecule has 0 aromatic heterocycles. The number of benzene rings is 6. The highest BCUT2D eigenvalue weighted by Crippen LogP contribution is 2.66. The van der Waals surface area contributed by atoms with Crippen molar-refractivity contribution in [3.05, 3.63) is 168 Å². The molecule has 6 aromatic rings. The van der Waals surface area contributed by atoms with Gasteiger partial charge in [-0.05, 0) is 69.8 Å². The van der Waals surface area contributed by atoms with Crippen LogP contribution in [0.25, 0.3) is 22.3 Å². The van der Waals surface area contributed by atoms with E-state index in [1.807, 2.05) is 0 Å². The van der Waals surface area contributed by atoms with E-state index in [1.165, 1.54) is 67.3 Å². The highest BCUT2D eigenvalue weighted by molar-refractivity contribution is 6.24. The molecule has 0 atom stereocenters. The quantitative estimate of drug-likeness (QED) is 0.209. The number of hydrogen-bond donors (Lipinski definition) is 0. The van der Waals surface area contributed by atoms with Gasteiger partial charge >= 0.3 is 33.0 Å². The van der Waals surface area contributed by atoms with Crippen LogP contribution >= 0.6 is 0 Å². The van der Waals surface area contributed by atoms with Gasteiger partial charge < -0.3 is 7.77 Å². The summed E-state index contributed by atoms with van der Waals surface area (Å²) < 4.78 is 5.01. The van der Waals surface area contributed by atoms with Gasteiger partial charge in [0.1, 0.15) is 0 Å². The molecule has 0 bridgehead atoms. The Morgan fingerprint density at radius 1 is 0.366 bits per heavy atom. The maximum Gasteiger partial charge on any atom is 0.370 e. The van der Waals surface area contributed by atoms with Gasteiger partial charge in [-0.15, -0.1) is 0 Å². The summed E-state index contributed by atoms with van der Waals surface area (Å²) >= 11 is 1.73. The predicted octanol–water partition coefficient (Wildman–Crippen LogP) is 7.40. The van der Waals surface area contributed by atoms with Crippen molar-refractivity contribution in [3.63, 3.8) is 0 Å². The van der Waals surface area contributed by atoms with Crippen LogP contribution in [0.5, 0.6) is 0 Å². The Kier molecular flexibility index (Phi) is 5.75. The van der Waals surface area contributed by atoms with Crippen LogP contribution in [0.15, 0.2) is 146 Å². The van der Waals surface area contributed by atoms with Crippen molar-refractivity contribution in [3.8, 4) is 22.3 Å². The number of para-hydroxylation sites is 2. The van der Waals surface area contributed by atoms with E-state index < -0.39 is 5.41 Å². The maximum atomic E-state index is 2.51. The Hall–Kier alpha value is -4.02. The van der Waals surface area contributed by atoms with Crippen molar-refractivity contribution >= 4 is 55.8 Å². The fraction of sp³-hybridized carbons (Fsp3) is 0.0270. The summed E-state index contributed by atoms with van der Waals surface area (Å²) in [7, 11) is 0. The second-order valence-electron chi connectivity index (χ2n) is 11.0. The minimum atomic E-state index is -0.417. The summed E-state index contributed by atoms with van der Waals surface area (Å²) in [4.78, 5) is 0. The van der Waals surface area contributed by atoms with Crippen LogP contribution in [0.4, 0.5) is 22.7 Å². The zero-order valence-corrected chi connectivity index (χ0v) is 27.3. The predicted molar refractivity (Wildman–Crippen MR) is 177 cm³/mol. The number of anilines is 4. The van der Waals surface area contributed by atoms with Gasteiger partial charge in [0, 0.05) is 33.9 Å². The van der Waals surface area contributed by atoms with Crippen LogP contribution in [0.3, 0.4) is 0 Å². The fourth-order valence-corrected chi connectivity index (χ4v) is 8.70. The zero-order chi connectivity index (χ0) is 27.6. The number of fused-ring (bicyclic) bond motifs is 10. The van der Waals surface area contributed by atoms with E-state index in [1.54, 1.807) is 0 Å². The third-order valence-corrected chi connectivity index (χ3v) is 11.1. The minimum Gasteiger partial charge on any atom is -0.441 e. The summed E-state index contributed by atoms with van der Waals surface area (Å²) in [6.07, 6.45) is 0. The van der Waals surface area contributed by atoms with Gasteiger partial charge in [-0.3, -0.25) is 0 Å². The molecule has 4 heteroatoms. The standard InChI is InChI=1S/C37H24N2.2Al.4H/c1-3-13-25(14-4-1)38-33-23-11-19-29-27-17-7-9-21-31(27)37(35(29)33)32-22-10-8-18-28(32)30-20-12-24-34(36(30)37)39-26-15-5-2-6-16-26;;;;;;/h1-24H;;;;;;/q-2;2*+1;;;;. The molecule has 0 saturated carbocycles. The molecule has 1 spiro atoms. The highest BCUT2D eigenvalue weighted by Gasteiger charge is 2.54. The van der Waals surface area contributed by atoms with Gasteiger partial charge in [0.25, 0.3) is 0 Å². The van der Waals surface area contributed by atoms with Crippen LogP contribution in [-0.2, 0) is 5.41 Å². The van der Waals surface area contributed by atoms with Gasteiger partial charge in [0.2, 0.25) is 0 Å². The van der Waals surface area contributed by atoms with Crippen molar-refractivity contribution in [2.75, 3.05) is 7.77 Å². The molecule has 0 fully saturated rings. The van der Waals surface area contributed by atoms with Crippen molar-refractivity contribution < 1.29 is 0 Å². The molecule has 192 valence electrons. The zero-order valence-electron chi connectivity index (χ0n) is 23.3. The SMILES string of the molecule is [AlH2][N](c1ccccc1)c1cccc2c1C1(c3ccccc3-2)c2ccccc2-c2cccc([N]([AlH2])c3ccccc3)c21. The van der Waals surface area contributed by atoms with Crippen LogP contribution in [0.1, 0.15) is 22.3 Å². The Balaban J connectivity index is 1.52. The van der Waals surface area contributed by atoms with E-state index in [9.17, 15) is 0 Å². The first-order chi connectivity index (χ1) is 20.2. The average molecular weight is 555 g/mol. The Bertz CT molecular complexity index is 1790. The number of hydrogen-bond acceptors (Lipinski definition) is 2. The first kappa shape index (κ1) is 24.8. The Labute approximate surface area is 257 Å². The van der Waals surface area contributed by atoms with Crippen LogP contribution in [0, 0.1) is 0 Å². The molecule has 0 aliphatic heterocycles. The summed E-state index contributed by atoms with van der Waals surface area (Å²) in [5, 5.41) is 0. The lowest BCUT2D eigenvalue weighted by Gasteiger charge is -2.38. The molecule has 0 amide bonds. The van der Waals surface area contributed by atoms with Gasteiger partial charge in [-0.2, -0.15) is 0 Å². The second-order valence-corrected chi connectivity index (χ2v) is 12.8. The largest absolute Gasteiger partial charge is 0.441 e. The van der Waals surface area contributed by atoms with Crippen LogP contribution in [0.2, 0.25) is 0 Å². The summed E-state index contributed by atoms with van der Waals surface area (Å²) in [5.41, 5.74) is 15.6. The minimum absolute atomic E-state index is 0.417. The maximum absolute atomic E-state index is 2.51. The van der Waals surface area contributed by atoms with E-state index in [4.69, 9.17) is 0 Å². The molecule has 0 radical (unpaired) electrons. The number of nitrogens with zero attached hydrogens (tertiary/aromatic N) is 2. The van der Waals surface area contributed by atoms with Crippen molar-refractivity contribution in [1.82, 2.24) is 0 Å². The lowest BCUT2D eigenvalue weighted by Crippen LogP contribution is -2.30. The molecule has 0 saturated heterocycles. The monoisotopic (exact) mass is 554 g/mol. The molecular weight excluding hydrogens is 526 g/mol. The lowest BCUT2D eigenvalue weighted by atomic mass is 9.69. The normalized spacial score (nSPS) is 13.3. The van der Waals surface area contributed by atoms with E-state index in [0.717, 1.165) is 33.0 Å². The third-order valence-electron chi connectivity index (χ3n) is 9.09. The first-order valence-electron chi connectivity index (χ1n) is 14.3. The summed E-state index contributed by atoms with van der Waals surface area (Å²) in [6, 6.07) is 53.8. The van der Waals surface area contributed by atoms with Crippen molar-refractivity contribution in [1.29, 1.82) is 0 Å². The molecular formula is C37H28Al2N2. The molecule has 8 rings (SSSR count). The molecule has 6 aromatic carbocycles. The van der Waals surface area contributed by atoms with E-state index in [-0.39, 0.29) is 0 Å². The van der Waals surface area contributed by atoms with Gasteiger partial charge in [-0.25, -0.2) is 0 Å². The first-order valence-corrected chi connectivity index (χ1v) is 16.0. The molecule has 2 aliphatic carbocycles. The van der Waals surface area contributed by atoms with E-state index >= 15 is 0 Å². The molecule has 0 N–H and O–H groups in total. The molecule has 2 aliphatic rings. The van der Waals surface area contributed by atoms with Gasteiger partial charge in [0.15, 0.2) is 0 Å². The fourth-order valence-electron chi connectivity index (χ4n) is 7.36. The smallest absolute Gasteiger partial charge is 0.370 e. The van der Waals surface area contributed by atoms with Crippen LogP contribution < -0.4 is 7.77 Å². The Morgan fingerprint density at radius 3 is 1.17 bits per heavy atom. The van der Waals surface area contributed by atoms with Crippen molar-refractivity contribution in [2.24, 2.45) is 0 Å². The molecule has 2 nitrogen and oxygen atoms in total. The highest BCUT2D eigenvalue weighted by atomic mass is 27.1. The van der Waals surface area contributed by atoms with E-state index in [0.29, 0.717) is 0 Å². The summed E-state index contributed by atoms with van der Waals surface area (Å²) in [6.45, 7) is 0. The Morgan fingerprint density at radius 2 is 0.732 bits per heavy atom. The van der Waals surface area contributed by atoms with Gasteiger partial charge in [-0.1, -0.05) is 109 Å². The third kappa shape index (κ3) is 3.44. The van der Waals surface area contributed by atoms with Crippen molar-refractivity contribution in [2.45, 2.75) is 5.41 Å². The average Bonchev–Trinajstić information content (AvgIpc) is 3.52. The van der Waals surface area contributed by atoms with Crippen LogP contribution in [-0.4, -0.2) is 33.0 Å². The second kappa shape index (κ2) is 9.53. The molecule has 0 heterocycles. The summed E-state index contributed by atoms with van der Waals surface area (Å²) in [5.74, 6) is 0. The number of rotatable bonds is 4. The molecule has 0 unspecified atom stereocenters. The van der Waals surface area contributed by atoms with Gasteiger partial charge in [0.05, 0.1) is 5.41 Å². The molecule has 41 heavy (non-hydrogen) atoms. The van der Waals surface area contributed by atoms with E-state index in [2.05, 4.69) is 153 Å². The lowest BCUT2D eigenvalue weighted by molar-refractivity contribution is 0.794. The topological polar surface area (TPSA) is 6.48 Å².